The summed E-state index contributed by atoms with van der Waals surface area (Å²) in [5.41, 5.74) is 3.23. The van der Waals surface area contributed by atoms with Crippen LogP contribution in [0.15, 0.2) is 24.3 Å². The van der Waals surface area contributed by atoms with Crippen LogP contribution in [0.2, 0.25) is 0 Å². The average Bonchev–Trinajstić information content (AvgIpc) is 2.96. The van der Waals surface area contributed by atoms with Gasteiger partial charge in [-0.05, 0) is 36.9 Å². The molecule has 0 aromatic heterocycles. The first-order valence-electron chi connectivity index (χ1n) is 7.91. The van der Waals surface area contributed by atoms with Crippen molar-refractivity contribution in [2.75, 3.05) is 13.2 Å². The standard InChI is InChI=1S/C17H21NO/c1-2-6-12-11(5-1)15-14-7-3-4-9-18(14)16(12)13-8-10-19-17(13)15/h1-2,5-6,13-17H,3-4,7-10H2/t13-,14?,15+,16+,17-/m1/s1. The lowest BCUT2D eigenvalue weighted by atomic mass is 9.62. The molecule has 1 aliphatic carbocycles. The lowest BCUT2D eigenvalue weighted by Gasteiger charge is -2.58. The van der Waals surface area contributed by atoms with E-state index in [0.717, 1.165) is 18.6 Å². The van der Waals surface area contributed by atoms with Gasteiger partial charge in [-0.15, -0.1) is 0 Å². The first kappa shape index (κ1) is 10.9. The molecule has 2 nitrogen and oxygen atoms in total. The van der Waals surface area contributed by atoms with Crippen LogP contribution in [0.3, 0.4) is 0 Å². The molecule has 3 fully saturated rings. The fraction of sp³-hybridized carbons (Fsp3) is 0.647. The molecule has 5 aliphatic rings. The van der Waals surface area contributed by atoms with Crippen molar-refractivity contribution >= 4 is 0 Å². The van der Waals surface area contributed by atoms with Crippen LogP contribution in [0.1, 0.15) is 48.8 Å². The molecule has 2 heteroatoms. The molecule has 0 N–H and O–H groups in total. The van der Waals surface area contributed by atoms with Crippen molar-refractivity contribution in [1.82, 2.24) is 4.90 Å². The first-order valence-corrected chi connectivity index (χ1v) is 7.91. The molecule has 0 radical (unpaired) electrons. The van der Waals surface area contributed by atoms with Gasteiger partial charge in [0.15, 0.2) is 0 Å². The summed E-state index contributed by atoms with van der Waals surface area (Å²) >= 11 is 0. The van der Waals surface area contributed by atoms with Gasteiger partial charge in [-0.3, -0.25) is 4.90 Å². The summed E-state index contributed by atoms with van der Waals surface area (Å²) < 4.78 is 6.17. The van der Waals surface area contributed by atoms with Gasteiger partial charge >= 0.3 is 0 Å². The van der Waals surface area contributed by atoms with E-state index in [2.05, 4.69) is 29.2 Å². The number of hydrogen-bond donors (Lipinski definition) is 0. The molecule has 1 aromatic carbocycles. The summed E-state index contributed by atoms with van der Waals surface area (Å²) in [5, 5.41) is 0. The zero-order valence-electron chi connectivity index (χ0n) is 11.3. The number of benzene rings is 1. The average molecular weight is 255 g/mol. The Hall–Kier alpha value is -0.860. The van der Waals surface area contributed by atoms with Crippen molar-refractivity contribution < 1.29 is 4.74 Å². The van der Waals surface area contributed by atoms with Crippen LogP contribution in [0.25, 0.3) is 0 Å². The Labute approximate surface area is 114 Å². The highest BCUT2D eigenvalue weighted by Gasteiger charge is 2.57. The zero-order valence-corrected chi connectivity index (χ0v) is 11.3. The fourth-order valence-corrected chi connectivity index (χ4v) is 5.39. The second kappa shape index (κ2) is 3.83. The Morgan fingerprint density at radius 3 is 2.89 bits per heavy atom. The van der Waals surface area contributed by atoms with Crippen molar-refractivity contribution in [1.29, 1.82) is 0 Å². The van der Waals surface area contributed by atoms with E-state index in [-0.39, 0.29) is 0 Å². The number of piperidine rings is 2. The summed E-state index contributed by atoms with van der Waals surface area (Å²) in [6.45, 7) is 2.29. The van der Waals surface area contributed by atoms with E-state index >= 15 is 0 Å². The van der Waals surface area contributed by atoms with Crippen molar-refractivity contribution in [3.05, 3.63) is 35.4 Å². The molecule has 4 heterocycles. The minimum atomic E-state index is 0.513. The van der Waals surface area contributed by atoms with Gasteiger partial charge in [-0.1, -0.05) is 30.7 Å². The third-order valence-corrected chi connectivity index (χ3v) is 5.98. The molecule has 1 unspecified atom stereocenters. The second-order valence-corrected chi connectivity index (χ2v) is 6.69. The summed E-state index contributed by atoms with van der Waals surface area (Å²) in [6, 6.07) is 10.6. The first-order chi connectivity index (χ1) is 9.45. The maximum Gasteiger partial charge on any atom is 0.0705 e. The number of hydrogen-bond acceptors (Lipinski definition) is 2. The van der Waals surface area contributed by atoms with Gasteiger partial charge in [0, 0.05) is 30.5 Å². The van der Waals surface area contributed by atoms with E-state index in [1.807, 2.05) is 0 Å². The van der Waals surface area contributed by atoms with Gasteiger partial charge in [0.1, 0.15) is 0 Å². The van der Waals surface area contributed by atoms with E-state index in [0.29, 0.717) is 18.1 Å². The van der Waals surface area contributed by atoms with Gasteiger partial charge in [0.25, 0.3) is 0 Å². The molecule has 0 spiro atoms. The maximum atomic E-state index is 6.17. The smallest absolute Gasteiger partial charge is 0.0705 e. The highest BCUT2D eigenvalue weighted by Crippen LogP contribution is 2.58. The minimum absolute atomic E-state index is 0.513. The Kier molecular flexibility index (Phi) is 2.19. The van der Waals surface area contributed by atoms with Crippen LogP contribution in [0, 0.1) is 5.92 Å². The van der Waals surface area contributed by atoms with Crippen molar-refractivity contribution in [2.45, 2.75) is 49.8 Å². The molecule has 19 heavy (non-hydrogen) atoms. The molecule has 5 atom stereocenters. The molecule has 6 rings (SSSR count). The number of ether oxygens (including phenoxy) is 1. The second-order valence-electron chi connectivity index (χ2n) is 6.69. The molecule has 4 aliphatic heterocycles. The van der Waals surface area contributed by atoms with E-state index in [9.17, 15) is 0 Å². The monoisotopic (exact) mass is 255 g/mol. The molecular weight excluding hydrogens is 234 g/mol. The predicted octanol–water partition coefficient (Wildman–Crippen LogP) is 3.10. The van der Waals surface area contributed by atoms with Crippen LogP contribution in [0.5, 0.6) is 0 Å². The van der Waals surface area contributed by atoms with Gasteiger partial charge < -0.3 is 4.74 Å². The summed E-state index contributed by atoms with van der Waals surface area (Å²) in [7, 11) is 0. The topological polar surface area (TPSA) is 12.5 Å². The quantitative estimate of drug-likeness (QED) is 0.706. The van der Waals surface area contributed by atoms with Gasteiger partial charge in [-0.2, -0.15) is 0 Å². The number of rotatable bonds is 0. The minimum Gasteiger partial charge on any atom is -0.377 e. The molecule has 100 valence electrons. The Morgan fingerprint density at radius 2 is 1.95 bits per heavy atom. The Morgan fingerprint density at radius 1 is 1.05 bits per heavy atom. The third kappa shape index (κ3) is 1.29. The lowest BCUT2D eigenvalue weighted by Crippen LogP contribution is -2.60. The Bertz CT molecular complexity index is 469. The molecular formula is C17H21NO. The van der Waals surface area contributed by atoms with Crippen molar-refractivity contribution in [3.63, 3.8) is 0 Å². The van der Waals surface area contributed by atoms with Crippen molar-refractivity contribution in [2.24, 2.45) is 5.92 Å². The summed E-state index contributed by atoms with van der Waals surface area (Å²) in [5.74, 6) is 1.41. The third-order valence-electron chi connectivity index (χ3n) is 5.98. The van der Waals surface area contributed by atoms with Crippen molar-refractivity contribution in [3.8, 4) is 0 Å². The van der Waals surface area contributed by atoms with E-state index < -0.39 is 0 Å². The van der Waals surface area contributed by atoms with E-state index in [4.69, 9.17) is 4.74 Å². The van der Waals surface area contributed by atoms with Crippen LogP contribution in [0.4, 0.5) is 0 Å². The zero-order chi connectivity index (χ0) is 12.4. The molecule has 2 bridgehead atoms. The predicted molar refractivity (Wildman–Crippen MR) is 74.1 cm³/mol. The molecule has 0 amide bonds. The normalized spacial score (nSPS) is 43.7. The largest absolute Gasteiger partial charge is 0.377 e. The summed E-state index contributed by atoms with van der Waals surface area (Å²) in [4.78, 5) is 2.84. The van der Waals surface area contributed by atoms with Crippen LogP contribution in [-0.4, -0.2) is 30.2 Å². The highest BCUT2D eigenvalue weighted by molar-refractivity contribution is 5.42. The van der Waals surface area contributed by atoms with Gasteiger partial charge in [-0.25, -0.2) is 0 Å². The number of nitrogens with zero attached hydrogens (tertiary/aromatic N) is 1. The van der Waals surface area contributed by atoms with E-state index in [1.165, 1.54) is 32.2 Å². The molecule has 3 saturated heterocycles. The lowest BCUT2D eigenvalue weighted by molar-refractivity contribution is -0.0806. The van der Waals surface area contributed by atoms with Gasteiger partial charge in [0.05, 0.1) is 6.10 Å². The van der Waals surface area contributed by atoms with E-state index in [1.54, 1.807) is 11.1 Å². The Balaban J connectivity index is 1.71. The fourth-order valence-electron chi connectivity index (χ4n) is 5.39. The molecule has 1 aromatic rings. The van der Waals surface area contributed by atoms with Gasteiger partial charge in [0.2, 0.25) is 0 Å². The van der Waals surface area contributed by atoms with Crippen LogP contribution in [-0.2, 0) is 4.74 Å². The molecule has 0 saturated carbocycles. The SMILES string of the molecule is c1ccc2c(c1)[C@H]1C3CCCCN3[C@@H]2[C@H]2CCO[C@H]21. The van der Waals surface area contributed by atoms with Crippen LogP contribution < -0.4 is 0 Å². The van der Waals surface area contributed by atoms with Crippen LogP contribution >= 0.6 is 0 Å². The highest BCUT2D eigenvalue weighted by atomic mass is 16.5. The summed E-state index contributed by atoms with van der Waals surface area (Å²) in [6.07, 6.45) is 5.95. The maximum absolute atomic E-state index is 6.17.